The molecule has 3 aromatic rings. The zero-order valence-electron chi connectivity index (χ0n) is 12.5. The van der Waals surface area contributed by atoms with Crippen molar-refractivity contribution in [2.75, 3.05) is 0 Å². The van der Waals surface area contributed by atoms with Gasteiger partial charge in [-0.05, 0) is 43.2 Å². The Morgan fingerprint density at radius 2 is 1.78 bits per heavy atom. The summed E-state index contributed by atoms with van der Waals surface area (Å²) in [5.74, 6) is -1.34. The monoisotopic (exact) mass is 328 g/mol. The number of benzene rings is 2. The van der Waals surface area contributed by atoms with E-state index in [1.165, 1.54) is 0 Å². The van der Waals surface area contributed by atoms with Crippen molar-refractivity contribution in [3.8, 4) is 11.1 Å². The van der Waals surface area contributed by atoms with E-state index in [9.17, 15) is 14.7 Å². The number of fused-ring (bicyclic) bond motifs is 1. The Hall–Kier alpha value is -2.59. The number of hydrogen-bond donors (Lipinski definition) is 1. The van der Waals surface area contributed by atoms with E-state index in [1.54, 1.807) is 30.3 Å². The average Bonchev–Trinajstić information content (AvgIpc) is 2.48. The molecule has 3 rings (SSSR count). The summed E-state index contributed by atoms with van der Waals surface area (Å²) in [5.41, 5.74) is 1.75. The molecule has 0 aliphatic carbocycles. The molecule has 0 saturated heterocycles. The molecule has 23 heavy (non-hydrogen) atoms. The number of aryl methyl sites for hydroxylation is 2. The first kappa shape index (κ1) is 15.3. The lowest BCUT2D eigenvalue weighted by Gasteiger charge is -2.12. The fourth-order valence-corrected chi connectivity index (χ4v) is 2.83. The van der Waals surface area contributed by atoms with Gasteiger partial charge in [-0.2, -0.15) is 0 Å². The third-order valence-electron chi connectivity index (χ3n) is 3.88. The van der Waals surface area contributed by atoms with Gasteiger partial charge in [0.25, 0.3) is 0 Å². The summed E-state index contributed by atoms with van der Waals surface area (Å²) in [5, 5.41) is 10.4. The van der Waals surface area contributed by atoms with Gasteiger partial charge >= 0.3 is 11.6 Å². The quantitative estimate of drug-likeness (QED) is 0.707. The van der Waals surface area contributed by atoms with Gasteiger partial charge in [-0.25, -0.2) is 9.59 Å². The lowest BCUT2D eigenvalue weighted by molar-refractivity contribution is 0.0693. The first-order valence-electron chi connectivity index (χ1n) is 6.96. The predicted molar refractivity (Wildman–Crippen MR) is 89.4 cm³/mol. The van der Waals surface area contributed by atoms with Crippen molar-refractivity contribution in [1.29, 1.82) is 0 Å². The maximum absolute atomic E-state index is 12.2. The van der Waals surface area contributed by atoms with Crippen LogP contribution in [0.25, 0.3) is 22.1 Å². The molecule has 0 atom stereocenters. The highest BCUT2D eigenvalue weighted by atomic mass is 35.5. The molecule has 0 radical (unpaired) electrons. The second-order valence-electron chi connectivity index (χ2n) is 5.36. The summed E-state index contributed by atoms with van der Waals surface area (Å²) in [4.78, 5) is 23.8. The van der Waals surface area contributed by atoms with E-state index in [0.717, 1.165) is 11.1 Å². The van der Waals surface area contributed by atoms with E-state index in [0.29, 0.717) is 21.6 Å². The normalized spacial score (nSPS) is 10.9. The molecule has 4 nitrogen and oxygen atoms in total. The van der Waals surface area contributed by atoms with Gasteiger partial charge in [0.15, 0.2) is 5.56 Å². The molecule has 0 saturated carbocycles. The zero-order chi connectivity index (χ0) is 16.7. The largest absolute Gasteiger partial charge is 0.477 e. The van der Waals surface area contributed by atoms with Gasteiger partial charge in [0.1, 0.15) is 5.58 Å². The van der Waals surface area contributed by atoms with Crippen molar-refractivity contribution in [3.05, 3.63) is 68.5 Å². The predicted octanol–water partition coefficient (Wildman–Crippen LogP) is 4.43. The Bertz CT molecular complexity index is 1000. The average molecular weight is 329 g/mol. The summed E-state index contributed by atoms with van der Waals surface area (Å²) in [7, 11) is 0. The van der Waals surface area contributed by atoms with Crippen LogP contribution in [0.2, 0.25) is 5.02 Å². The first-order valence-corrected chi connectivity index (χ1v) is 7.34. The number of hydrogen-bond acceptors (Lipinski definition) is 3. The third kappa shape index (κ3) is 2.51. The van der Waals surface area contributed by atoms with Crippen LogP contribution in [0.3, 0.4) is 0 Å². The van der Waals surface area contributed by atoms with Gasteiger partial charge < -0.3 is 9.52 Å². The van der Waals surface area contributed by atoms with Crippen molar-refractivity contribution >= 4 is 28.5 Å². The molecule has 0 spiro atoms. The topological polar surface area (TPSA) is 67.5 Å². The van der Waals surface area contributed by atoms with Crippen molar-refractivity contribution in [2.24, 2.45) is 0 Å². The van der Waals surface area contributed by atoms with Crippen molar-refractivity contribution in [2.45, 2.75) is 13.8 Å². The third-order valence-corrected chi connectivity index (χ3v) is 4.21. The summed E-state index contributed by atoms with van der Waals surface area (Å²) >= 11 is 6.23. The fraction of sp³-hybridized carbons (Fsp3) is 0.111. The van der Waals surface area contributed by atoms with Gasteiger partial charge in [0, 0.05) is 21.5 Å². The Balaban J connectivity index is 2.58. The van der Waals surface area contributed by atoms with Crippen molar-refractivity contribution < 1.29 is 14.3 Å². The number of carboxylic acids is 1. The summed E-state index contributed by atoms with van der Waals surface area (Å²) in [6.45, 7) is 3.81. The molecule has 0 bridgehead atoms. The highest BCUT2D eigenvalue weighted by Gasteiger charge is 2.23. The lowest BCUT2D eigenvalue weighted by Crippen LogP contribution is -2.16. The van der Waals surface area contributed by atoms with Crippen LogP contribution in [0.4, 0.5) is 0 Å². The Kier molecular flexibility index (Phi) is 3.70. The Labute approximate surface area is 136 Å². The van der Waals surface area contributed by atoms with Crippen molar-refractivity contribution in [3.63, 3.8) is 0 Å². The highest BCUT2D eigenvalue weighted by Crippen LogP contribution is 2.36. The molecule has 1 N–H and O–H groups in total. The molecule has 1 aromatic heterocycles. The lowest BCUT2D eigenvalue weighted by atomic mass is 9.95. The van der Waals surface area contributed by atoms with Gasteiger partial charge in [0.05, 0.1) is 0 Å². The molecule has 0 amide bonds. The standard InChI is InChI=1S/C18H13ClO4/c1-9-7-12-14(8-10(9)2)23-18(22)16(17(20)21)15(12)11-5-3-4-6-13(11)19/h3-8H,1-2H3,(H,20,21). The van der Waals surface area contributed by atoms with E-state index in [4.69, 9.17) is 16.0 Å². The molecular formula is C18H13ClO4. The molecule has 0 unspecified atom stereocenters. The van der Waals surface area contributed by atoms with Crippen LogP contribution < -0.4 is 5.63 Å². The maximum atomic E-state index is 12.2. The van der Waals surface area contributed by atoms with Crippen LogP contribution in [0, 0.1) is 13.8 Å². The number of aromatic carboxylic acids is 1. The molecule has 5 heteroatoms. The molecular weight excluding hydrogens is 316 g/mol. The maximum Gasteiger partial charge on any atom is 0.351 e. The molecule has 0 aliphatic heterocycles. The molecule has 116 valence electrons. The van der Waals surface area contributed by atoms with E-state index >= 15 is 0 Å². The van der Waals surface area contributed by atoms with Crippen LogP contribution >= 0.6 is 11.6 Å². The van der Waals surface area contributed by atoms with Gasteiger partial charge in [-0.3, -0.25) is 0 Å². The molecule has 0 fully saturated rings. The van der Waals surface area contributed by atoms with E-state index in [1.807, 2.05) is 19.9 Å². The minimum Gasteiger partial charge on any atom is -0.477 e. The Morgan fingerprint density at radius 3 is 2.43 bits per heavy atom. The smallest absolute Gasteiger partial charge is 0.351 e. The van der Waals surface area contributed by atoms with Gasteiger partial charge in [0.2, 0.25) is 0 Å². The molecule has 2 aromatic carbocycles. The number of halogens is 1. The molecule has 1 heterocycles. The highest BCUT2D eigenvalue weighted by molar-refractivity contribution is 6.34. The van der Waals surface area contributed by atoms with Crippen LogP contribution in [0.1, 0.15) is 21.5 Å². The first-order chi connectivity index (χ1) is 10.9. The van der Waals surface area contributed by atoms with Crippen molar-refractivity contribution in [1.82, 2.24) is 0 Å². The van der Waals surface area contributed by atoms with Crippen LogP contribution in [0.5, 0.6) is 0 Å². The van der Waals surface area contributed by atoms with Gasteiger partial charge in [-0.1, -0.05) is 29.8 Å². The summed E-state index contributed by atoms with van der Waals surface area (Å²) in [6, 6.07) is 10.4. The number of carboxylic acid groups (broad SMARTS) is 1. The van der Waals surface area contributed by atoms with E-state index in [2.05, 4.69) is 0 Å². The summed E-state index contributed by atoms with van der Waals surface area (Å²) < 4.78 is 5.21. The summed E-state index contributed by atoms with van der Waals surface area (Å²) in [6.07, 6.45) is 0. The van der Waals surface area contributed by atoms with Crippen LogP contribution in [-0.4, -0.2) is 11.1 Å². The minimum absolute atomic E-state index is 0.289. The van der Waals surface area contributed by atoms with E-state index < -0.39 is 17.2 Å². The van der Waals surface area contributed by atoms with E-state index in [-0.39, 0.29) is 5.56 Å². The fourth-order valence-electron chi connectivity index (χ4n) is 2.60. The van der Waals surface area contributed by atoms with Crippen LogP contribution in [0.15, 0.2) is 45.6 Å². The minimum atomic E-state index is -1.34. The Morgan fingerprint density at radius 1 is 1.13 bits per heavy atom. The SMILES string of the molecule is Cc1cc2oc(=O)c(C(=O)O)c(-c3ccccc3Cl)c2cc1C. The second kappa shape index (κ2) is 5.56. The van der Waals surface area contributed by atoms with Gasteiger partial charge in [-0.15, -0.1) is 0 Å². The second-order valence-corrected chi connectivity index (χ2v) is 5.76. The molecule has 0 aliphatic rings. The zero-order valence-corrected chi connectivity index (χ0v) is 13.3. The van der Waals surface area contributed by atoms with Crippen LogP contribution in [-0.2, 0) is 0 Å². The number of rotatable bonds is 2. The number of carbonyl (C=O) groups is 1.